The Kier molecular flexibility index (Phi) is 4.77. The highest BCUT2D eigenvalue weighted by Gasteiger charge is 2.13. The lowest BCUT2D eigenvalue weighted by molar-refractivity contribution is 0.117. The smallest absolute Gasteiger partial charge is 0.222 e. The van der Waals surface area contributed by atoms with E-state index in [4.69, 9.17) is 27.9 Å². The molecule has 0 bridgehead atoms. The van der Waals surface area contributed by atoms with E-state index >= 15 is 0 Å². The second-order valence-corrected chi connectivity index (χ2v) is 5.66. The van der Waals surface area contributed by atoms with Crippen LogP contribution in [0.4, 0.5) is 5.95 Å². The van der Waals surface area contributed by atoms with Crippen LogP contribution in [0.3, 0.4) is 0 Å². The number of ether oxygens (including phenoxy) is 1. The van der Waals surface area contributed by atoms with Crippen molar-refractivity contribution in [3.8, 4) is 0 Å². The molecule has 96 valence electrons. The topological polar surface area (TPSA) is 47.0 Å². The third-order valence-corrected chi connectivity index (χ3v) is 3.78. The monoisotopic (exact) mass is 303 g/mol. The molecule has 0 radical (unpaired) electrons. The lowest BCUT2D eigenvalue weighted by atomic mass is 10.3. The third-order valence-electron chi connectivity index (χ3n) is 2.26. The van der Waals surface area contributed by atoms with Crippen LogP contribution >= 0.6 is 34.5 Å². The first kappa shape index (κ1) is 13.5. The molecule has 2 aromatic heterocycles. The van der Waals surface area contributed by atoms with Crippen LogP contribution in [0.2, 0.25) is 9.36 Å². The first-order valence-corrected chi connectivity index (χ1v) is 6.75. The van der Waals surface area contributed by atoms with Gasteiger partial charge in [-0.3, -0.25) is 0 Å². The van der Waals surface area contributed by atoms with Gasteiger partial charge in [0.1, 0.15) is 6.10 Å². The van der Waals surface area contributed by atoms with Crippen molar-refractivity contribution < 1.29 is 4.74 Å². The molecule has 0 saturated heterocycles. The number of hydrogen-bond acceptors (Lipinski definition) is 5. The summed E-state index contributed by atoms with van der Waals surface area (Å²) in [5.41, 5.74) is 0. The SMILES string of the molecule is COC(CNc1ncc(Cl)cn1)c1ccc(Cl)s1. The van der Waals surface area contributed by atoms with E-state index in [0.717, 1.165) is 9.21 Å². The van der Waals surface area contributed by atoms with Gasteiger partial charge >= 0.3 is 0 Å². The summed E-state index contributed by atoms with van der Waals surface area (Å²) in [5, 5.41) is 3.60. The lowest BCUT2D eigenvalue weighted by Crippen LogP contribution is -2.14. The number of hydrogen-bond donors (Lipinski definition) is 1. The molecule has 0 aliphatic carbocycles. The number of nitrogens with one attached hydrogen (secondary N) is 1. The van der Waals surface area contributed by atoms with Gasteiger partial charge < -0.3 is 10.1 Å². The van der Waals surface area contributed by atoms with Crippen LogP contribution in [-0.4, -0.2) is 23.6 Å². The summed E-state index contributed by atoms with van der Waals surface area (Å²) in [6.07, 6.45) is 3.00. The Bertz CT molecular complexity index is 503. The summed E-state index contributed by atoms with van der Waals surface area (Å²) >= 11 is 13.1. The van der Waals surface area contributed by atoms with Crippen molar-refractivity contribution in [2.24, 2.45) is 0 Å². The molecule has 0 aliphatic heterocycles. The van der Waals surface area contributed by atoms with Crippen molar-refractivity contribution >= 4 is 40.5 Å². The maximum Gasteiger partial charge on any atom is 0.222 e. The molecule has 2 aromatic rings. The van der Waals surface area contributed by atoms with Gasteiger partial charge in [0.05, 0.1) is 21.8 Å². The fraction of sp³-hybridized carbons (Fsp3) is 0.273. The molecule has 0 aliphatic rings. The van der Waals surface area contributed by atoms with Gasteiger partial charge in [0.15, 0.2) is 0 Å². The van der Waals surface area contributed by atoms with Crippen LogP contribution < -0.4 is 5.32 Å². The summed E-state index contributed by atoms with van der Waals surface area (Å²) in [6.45, 7) is 0.564. The van der Waals surface area contributed by atoms with Gasteiger partial charge in [0, 0.05) is 18.5 Å². The van der Waals surface area contributed by atoms with Gasteiger partial charge in [-0.15, -0.1) is 11.3 Å². The predicted octanol–water partition coefficient (Wildman–Crippen LogP) is 3.64. The van der Waals surface area contributed by atoms with Crippen molar-refractivity contribution in [2.45, 2.75) is 6.10 Å². The van der Waals surface area contributed by atoms with Crippen LogP contribution in [0.15, 0.2) is 24.5 Å². The minimum absolute atomic E-state index is 0.0817. The average molecular weight is 304 g/mol. The fourth-order valence-electron chi connectivity index (χ4n) is 1.39. The molecule has 1 atom stereocenters. The normalized spacial score (nSPS) is 12.4. The van der Waals surface area contributed by atoms with Crippen LogP contribution in [0, 0.1) is 0 Å². The van der Waals surface area contributed by atoms with Gasteiger partial charge in [-0.25, -0.2) is 9.97 Å². The zero-order chi connectivity index (χ0) is 13.0. The second kappa shape index (κ2) is 6.33. The average Bonchev–Trinajstić information content (AvgIpc) is 2.79. The van der Waals surface area contributed by atoms with Crippen LogP contribution in [-0.2, 0) is 4.74 Å². The number of aromatic nitrogens is 2. The minimum Gasteiger partial charge on any atom is -0.374 e. The number of rotatable bonds is 5. The highest BCUT2D eigenvalue weighted by molar-refractivity contribution is 7.16. The minimum atomic E-state index is -0.0817. The molecular formula is C11H11Cl2N3OS. The second-order valence-electron chi connectivity index (χ2n) is 3.47. The molecule has 7 heteroatoms. The molecule has 0 fully saturated rings. The zero-order valence-electron chi connectivity index (χ0n) is 9.56. The zero-order valence-corrected chi connectivity index (χ0v) is 11.9. The van der Waals surface area contributed by atoms with E-state index < -0.39 is 0 Å². The Morgan fingerprint density at radius 3 is 2.61 bits per heavy atom. The molecule has 2 rings (SSSR count). The molecule has 0 amide bonds. The molecule has 2 heterocycles. The van der Waals surface area contributed by atoms with E-state index in [1.165, 1.54) is 11.3 Å². The number of thiophene rings is 1. The van der Waals surface area contributed by atoms with Crippen LogP contribution in [0.5, 0.6) is 0 Å². The van der Waals surface area contributed by atoms with E-state index in [9.17, 15) is 0 Å². The summed E-state index contributed by atoms with van der Waals surface area (Å²) in [6, 6.07) is 3.80. The first-order chi connectivity index (χ1) is 8.69. The van der Waals surface area contributed by atoms with Crippen LogP contribution in [0.25, 0.3) is 0 Å². The molecule has 1 N–H and O–H groups in total. The summed E-state index contributed by atoms with van der Waals surface area (Å²) < 4.78 is 6.15. The Hall–Kier alpha value is -0.880. The van der Waals surface area contributed by atoms with Crippen LogP contribution in [0.1, 0.15) is 11.0 Å². The van der Waals surface area contributed by atoms with E-state index in [1.807, 2.05) is 12.1 Å². The molecule has 4 nitrogen and oxygen atoms in total. The highest BCUT2D eigenvalue weighted by Crippen LogP contribution is 2.28. The van der Waals surface area contributed by atoms with Gasteiger partial charge in [-0.05, 0) is 12.1 Å². The quantitative estimate of drug-likeness (QED) is 0.916. The lowest BCUT2D eigenvalue weighted by Gasteiger charge is -2.14. The first-order valence-electron chi connectivity index (χ1n) is 5.18. The standard InChI is InChI=1S/C11H11Cl2N3OS/c1-17-8(9-2-3-10(13)18-9)6-16-11-14-4-7(12)5-15-11/h2-5,8H,6H2,1H3,(H,14,15,16). The van der Waals surface area contributed by atoms with Gasteiger partial charge in [-0.2, -0.15) is 0 Å². The van der Waals surface area contributed by atoms with Crippen molar-refractivity contribution in [3.05, 3.63) is 38.8 Å². The number of nitrogens with zero attached hydrogens (tertiary/aromatic N) is 2. The molecule has 0 saturated carbocycles. The molecule has 18 heavy (non-hydrogen) atoms. The Labute approximate surface area is 119 Å². The largest absolute Gasteiger partial charge is 0.374 e. The van der Waals surface area contributed by atoms with Crippen molar-refractivity contribution in [2.75, 3.05) is 19.0 Å². The van der Waals surface area contributed by atoms with Crippen molar-refractivity contribution in [1.29, 1.82) is 0 Å². The Morgan fingerprint density at radius 1 is 1.33 bits per heavy atom. The third kappa shape index (κ3) is 3.55. The van der Waals surface area contributed by atoms with E-state index in [0.29, 0.717) is 17.5 Å². The number of halogens is 2. The van der Waals surface area contributed by atoms with Gasteiger partial charge in [0.2, 0.25) is 5.95 Å². The Balaban J connectivity index is 1.97. The maximum absolute atomic E-state index is 5.90. The maximum atomic E-state index is 5.90. The molecule has 0 aromatic carbocycles. The van der Waals surface area contributed by atoms with E-state index in [1.54, 1.807) is 19.5 Å². The summed E-state index contributed by atoms with van der Waals surface area (Å²) in [7, 11) is 1.66. The summed E-state index contributed by atoms with van der Waals surface area (Å²) in [4.78, 5) is 9.16. The van der Waals surface area contributed by atoms with E-state index in [-0.39, 0.29) is 6.10 Å². The van der Waals surface area contributed by atoms with Gasteiger partial charge in [-0.1, -0.05) is 23.2 Å². The number of methoxy groups -OCH3 is 1. The molecule has 1 unspecified atom stereocenters. The Morgan fingerprint density at radius 2 is 2.06 bits per heavy atom. The van der Waals surface area contributed by atoms with Gasteiger partial charge in [0.25, 0.3) is 0 Å². The number of anilines is 1. The fourth-order valence-corrected chi connectivity index (χ4v) is 2.63. The summed E-state index contributed by atoms with van der Waals surface area (Å²) in [5.74, 6) is 0.518. The molecular weight excluding hydrogens is 293 g/mol. The van der Waals surface area contributed by atoms with Crippen molar-refractivity contribution in [3.63, 3.8) is 0 Å². The predicted molar refractivity (Wildman–Crippen MR) is 74.6 cm³/mol. The van der Waals surface area contributed by atoms with E-state index in [2.05, 4.69) is 15.3 Å². The highest BCUT2D eigenvalue weighted by atomic mass is 35.5. The van der Waals surface area contributed by atoms with Crippen molar-refractivity contribution in [1.82, 2.24) is 9.97 Å². The molecule has 0 spiro atoms.